The molecule has 3 rings (SSSR count). The summed E-state index contributed by atoms with van der Waals surface area (Å²) in [6, 6.07) is 0. The number of nitrogens with zero attached hydrogens (tertiary/aromatic N) is 2. The molecule has 0 fully saturated rings. The second-order valence-corrected chi connectivity index (χ2v) is 7.03. The lowest BCUT2D eigenvalue weighted by atomic mass is 9.95. The lowest BCUT2D eigenvalue weighted by Gasteiger charge is -2.12. The van der Waals surface area contributed by atoms with Crippen LogP contribution < -0.4 is 5.32 Å². The number of hydrogen-bond donors (Lipinski definition) is 2. The summed E-state index contributed by atoms with van der Waals surface area (Å²) in [6.07, 6.45) is 4.77. The average molecular weight is 377 g/mol. The summed E-state index contributed by atoms with van der Waals surface area (Å²) in [6.45, 7) is 1.96. The molecule has 0 saturated carbocycles. The van der Waals surface area contributed by atoms with Crippen LogP contribution in [0.4, 0.5) is 5.00 Å². The molecule has 0 radical (unpaired) electrons. The van der Waals surface area contributed by atoms with Crippen LogP contribution in [0.15, 0.2) is 6.20 Å². The van der Waals surface area contributed by atoms with Crippen LogP contribution in [0.5, 0.6) is 0 Å². The lowest BCUT2D eigenvalue weighted by Crippen LogP contribution is -2.20. The second kappa shape index (κ2) is 7.28. The molecule has 0 atom stereocenters. The van der Waals surface area contributed by atoms with Gasteiger partial charge >= 0.3 is 11.9 Å². The number of carboxylic acid groups (broad SMARTS) is 1. The highest BCUT2D eigenvalue weighted by atomic mass is 32.1. The maximum Gasteiger partial charge on any atom is 0.341 e. The van der Waals surface area contributed by atoms with Gasteiger partial charge in [0.2, 0.25) is 0 Å². The number of carbonyl (C=O) groups excluding carboxylic acids is 2. The fourth-order valence-corrected chi connectivity index (χ4v) is 4.37. The van der Waals surface area contributed by atoms with Gasteiger partial charge in [-0.25, -0.2) is 9.59 Å². The van der Waals surface area contributed by atoms with Gasteiger partial charge in [-0.05, 0) is 38.2 Å². The zero-order valence-electron chi connectivity index (χ0n) is 14.5. The normalized spacial score (nSPS) is 13.2. The quantitative estimate of drug-likeness (QED) is 0.775. The van der Waals surface area contributed by atoms with Crippen LogP contribution in [0.3, 0.4) is 0 Å². The summed E-state index contributed by atoms with van der Waals surface area (Å²) in [5, 5.41) is 16.2. The molecule has 2 aromatic rings. The van der Waals surface area contributed by atoms with Gasteiger partial charge in [0.1, 0.15) is 16.3 Å². The van der Waals surface area contributed by atoms with E-state index in [4.69, 9.17) is 4.74 Å². The Bertz CT molecular complexity index is 883. The van der Waals surface area contributed by atoms with E-state index < -0.39 is 17.8 Å². The molecule has 0 unspecified atom stereocenters. The van der Waals surface area contributed by atoms with E-state index in [0.717, 1.165) is 42.3 Å². The number of thiophene rings is 1. The molecular weight excluding hydrogens is 358 g/mol. The van der Waals surface area contributed by atoms with Gasteiger partial charge in [-0.3, -0.25) is 9.48 Å². The Kier molecular flexibility index (Phi) is 5.08. The van der Waals surface area contributed by atoms with E-state index in [-0.39, 0.29) is 17.9 Å². The number of amides is 1. The van der Waals surface area contributed by atoms with E-state index >= 15 is 0 Å². The number of carboxylic acids is 1. The Morgan fingerprint density at radius 1 is 1.35 bits per heavy atom. The first-order valence-electron chi connectivity index (χ1n) is 8.32. The fourth-order valence-electron chi connectivity index (χ4n) is 3.10. The molecule has 1 aliphatic rings. The highest BCUT2D eigenvalue weighted by Gasteiger charge is 2.29. The number of aromatic carboxylic acids is 1. The van der Waals surface area contributed by atoms with E-state index in [1.54, 1.807) is 6.92 Å². The van der Waals surface area contributed by atoms with Crippen LogP contribution in [0, 0.1) is 0 Å². The SMILES string of the molecule is CCOC(=O)c1c(NC(=O)c2c(C(=O)O)cnn2C)sc2c1CCCC2. The molecule has 9 heteroatoms. The van der Waals surface area contributed by atoms with Crippen molar-refractivity contribution in [2.75, 3.05) is 11.9 Å². The summed E-state index contributed by atoms with van der Waals surface area (Å²) < 4.78 is 6.36. The predicted molar refractivity (Wildman–Crippen MR) is 95.0 cm³/mol. The van der Waals surface area contributed by atoms with Gasteiger partial charge in [0.25, 0.3) is 5.91 Å². The molecule has 1 amide bonds. The fraction of sp³-hybridized carbons (Fsp3) is 0.412. The maximum absolute atomic E-state index is 12.7. The third-order valence-electron chi connectivity index (χ3n) is 4.26. The van der Waals surface area contributed by atoms with Gasteiger partial charge in [0, 0.05) is 11.9 Å². The standard InChI is InChI=1S/C17H19N3O5S/c1-3-25-17(24)12-9-6-4-5-7-11(9)26-15(12)19-14(21)13-10(16(22)23)8-18-20(13)2/h8H,3-7H2,1-2H3,(H,19,21)(H,22,23). The van der Waals surface area contributed by atoms with Crippen molar-refractivity contribution < 1.29 is 24.2 Å². The number of ether oxygens (including phenoxy) is 1. The van der Waals surface area contributed by atoms with Crippen molar-refractivity contribution >= 4 is 34.2 Å². The van der Waals surface area contributed by atoms with Crippen molar-refractivity contribution in [3.8, 4) is 0 Å². The summed E-state index contributed by atoms with van der Waals surface area (Å²) in [7, 11) is 1.49. The molecule has 0 saturated heterocycles. The van der Waals surface area contributed by atoms with Crippen LogP contribution in [-0.4, -0.2) is 39.3 Å². The monoisotopic (exact) mass is 377 g/mol. The number of carbonyl (C=O) groups is 3. The van der Waals surface area contributed by atoms with E-state index in [1.807, 2.05) is 0 Å². The van der Waals surface area contributed by atoms with Crippen molar-refractivity contribution in [3.63, 3.8) is 0 Å². The Balaban J connectivity index is 1.98. The summed E-state index contributed by atoms with van der Waals surface area (Å²) in [4.78, 5) is 37.5. The first-order valence-corrected chi connectivity index (χ1v) is 9.14. The predicted octanol–water partition coefficient (Wildman–Crippen LogP) is 2.49. The average Bonchev–Trinajstić information content (AvgIpc) is 3.15. The molecule has 0 spiro atoms. The number of fused-ring (bicyclic) bond motifs is 1. The van der Waals surface area contributed by atoms with Gasteiger partial charge in [0.15, 0.2) is 0 Å². The van der Waals surface area contributed by atoms with Crippen molar-refractivity contribution in [3.05, 3.63) is 33.5 Å². The lowest BCUT2D eigenvalue weighted by molar-refractivity contribution is 0.0526. The van der Waals surface area contributed by atoms with Crippen molar-refractivity contribution in [1.82, 2.24) is 9.78 Å². The van der Waals surface area contributed by atoms with Gasteiger partial charge in [-0.15, -0.1) is 11.3 Å². The molecule has 2 heterocycles. The highest BCUT2D eigenvalue weighted by molar-refractivity contribution is 7.17. The highest BCUT2D eigenvalue weighted by Crippen LogP contribution is 2.38. The van der Waals surface area contributed by atoms with Crippen molar-refractivity contribution in [2.24, 2.45) is 7.05 Å². The minimum Gasteiger partial charge on any atom is -0.478 e. The number of aromatic nitrogens is 2. The zero-order chi connectivity index (χ0) is 18.8. The molecule has 0 aromatic carbocycles. The Morgan fingerprint density at radius 3 is 2.77 bits per heavy atom. The molecule has 8 nitrogen and oxygen atoms in total. The number of anilines is 1. The minimum absolute atomic E-state index is 0.0707. The topological polar surface area (TPSA) is 111 Å². The number of esters is 1. The maximum atomic E-state index is 12.7. The van der Waals surface area contributed by atoms with E-state index in [9.17, 15) is 19.5 Å². The first kappa shape index (κ1) is 18.1. The van der Waals surface area contributed by atoms with Gasteiger partial charge in [-0.1, -0.05) is 0 Å². The Labute approximate surface area is 153 Å². The molecule has 1 aliphatic carbocycles. The molecular formula is C17H19N3O5S. The van der Waals surface area contributed by atoms with Crippen molar-refractivity contribution in [2.45, 2.75) is 32.6 Å². The largest absolute Gasteiger partial charge is 0.478 e. The number of rotatable bonds is 5. The molecule has 138 valence electrons. The van der Waals surface area contributed by atoms with Gasteiger partial charge in [0.05, 0.1) is 18.4 Å². The number of nitrogens with one attached hydrogen (secondary N) is 1. The summed E-state index contributed by atoms with van der Waals surface area (Å²) in [5.74, 6) is -2.32. The van der Waals surface area contributed by atoms with Crippen LogP contribution in [0.1, 0.15) is 61.4 Å². The number of aryl methyl sites for hydroxylation is 2. The summed E-state index contributed by atoms with van der Waals surface area (Å²) in [5.41, 5.74) is 1.06. The zero-order valence-corrected chi connectivity index (χ0v) is 15.3. The van der Waals surface area contributed by atoms with Gasteiger partial charge < -0.3 is 15.2 Å². The molecule has 2 N–H and O–H groups in total. The van der Waals surface area contributed by atoms with Crippen LogP contribution in [0.2, 0.25) is 0 Å². The van der Waals surface area contributed by atoms with E-state index in [2.05, 4.69) is 10.4 Å². The molecule has 26 heavy (non-hydrogen) atoms. The van der Waals surface area contributed by atoms with Crippen LogP contribution in [0.25, 0.3) is 0 Å². The third kappa shape index (κ3) is 3.22. The Morgan fingerprint density at radius 2 is 2.08 bits per heavy atom. The molecule has 0 bridgehead atoms. The van der Waals surface area contributed by atoms with Gasteiger partial charge in [-0.2, -0.15) is 5.10 Å². The number of hydrogen-bond acceptors (Lipinski definition) is 6. The van der Waals surface area contributed by atoms with Crippen LogP contribution >= 0.6 is 11.3 Å². The Hall–Kier alpha value is -2.68. The van der Waals surface area contributed by atoms with E-state index in [1.165, 1.54) is 23.1 Å². The van der Waals surface area contributed by atoms with E-state index in [0.29, 0.717) is 10.6 Å². The van der Waals surface area contributed by atoms with Crippen molar-refractivity contribution in [1.29, 1.82) is 0 Å². The second-order valence-electron chi connectivity index (χ2n) is 5.93. The third-order valence-corrected chi connectivity index (χ3v) is 5.47. The molecule has 0 aliphatic heterocycles. The summed E-state index contributed by atoms with van der Waals surface area (Å²) >= 11 is 1.35. The first-order chi connectivity index (χ1) is 12.4. The minimum atomic E-state index is -1.24. The van der Waals surface area contributed by atoms with Crippen LogP contribution in [-0.2, 0) is 24.6 Å². The molecule has 2 aromatic heterocycles. The smallest absolute Gasteiger partial charge is 0.341 e.